The number of nitrogens with zero attached hydrogens (tertiary/aromatic N) is 1. The third-order valence-corrected chi connectivity index (χ3v) is 12.4. The van der Waals surface area contributed by atoms with Crippen molar-refractivity contribution < 1.29 is 9.47 Å². The number of rotatable bonds is 37. The Morgan fingerprint density at radius 2 is 1.02 bits per heavy atom. The first-order chi connectivity index (χ1) is 26.6. The van der Waals surface area contributed by atoms with Crippen LogP contribution >= 0.6 is 0 Å². The molecule has 1 saturated heterocycles. The van der Waals surface area contributed by atoms with Gasteiger partial charge in [-0.15, -0.1) is 0 Å². The van der Waals surface area contributed by atoms with Crippen molar-refractivity contribution in [3.63, 3.8) is 0 Å². The van der Waals surface area contributed by atoms with Gasteiger partial charge in [-0.05, 0) is 134 Å². The van der Waals surface area contributed by atoms with Gasteiger partial charge in [0.25, 0.3) is 0 Å². The highest BCUT2D eigenvalue weighted by Crippen LogP contribution is 2.60. The Kier molecular flexibility index (Phi) is 28.0. The Labute approximate surface area is 345 Å². The van der Waals surface area contributed by atoms with Gasteiger partial charge in [0.1, 0.15) is 0 Å². The van der Waals surface area contributed by atoms with Crippen LogP contribution in [-0.2, 0) is 9.47 Å². The highest BCUT2D eigenvalue weighted by atomic mass is 16.7. The molecule has 2 rings (SSSR count). The maximum Gasteiger partial charge on any atom is 0.168 e. The second-order valence-electron chi connectivity index (χ2n) is 19.3. The summed E-state index contributed by atoms with van der Waals surface area (Å²) in [6.07, 6.45) is 57.6. The third-order valence-electron chi connectivity index (χ3n) is 12.4. The second kappa shape index (κ2) is 30.9. The molecular formula is C52H95NO2. The Hall–Kier alpha value is -1.16. The monoisotopic (exact) mass is 766 g/mol. The largest absolute Gasteiger partial charge is 0.347 e. The van der Waals surface area contributed by atoms with Crippen LogP contribution in [0.2, 0.25) is 0 Å². The van der Waals surface area contributed by atoms with Crippen LogP contribution in [0.5, 0.6) is 0 Å². The minimum Gasteiger partial charge on any atom is -0.347 e. The molecule has 0 aromatic rings. The summed E-state index contributed by atoms with van der Waals surface area (Å²) in [4.78, 5) is 2.36. The summed E-state index contributed by atoms with van der Waals surface area (Å²) >= 11 is 0. The van der Waals surface area contributed by atoms with Gasteiger partial charge in [0.2, 0.25) is 0 Å². The summed E-state index contributed by atoms with van der Waals surface area (Å²) in [5.74, 6) is 0.531. The Bertz CT molecular complexity index is 975. The standard InChI is InChI=1S/C52H95NO2/c1-8-10-12-14-16-18-20-22-24-26-28-30-32-34-36-38-42-52(43-39-37-35-33-31-29-27-25-23-21-19-17-15-13-11-9-2)54-45-49(55-52)41-40-48-44-51(48,5)46-50(3,4)47-53(6)7/h16-19,22-25,48-49H,8-15,20-21,26-47H2,1-7H3/b18-16-,19-17-,24-22-,25-23-/t48?,49?,51-/m0/s1. The van der Waals surface area contributed by atoms with Crippen LogP contribution in [0.3, 0.4) is 0 Å². The molecule has 320 valence electrons. The summed E-state index contributed by atoms with van der Waals surface area (Å²) in [6.45, 7) is 14.0. The SMILES string of the molecule is CCCCC/C=C\C/C=C\CCCCCCCCC1(CCCCCCCC/C=C\C/C=C\CCCCC)OCC(CCC2C[C@@]2(C)CC(C)(C)CN(C)C)O1. The van der Waals surface area contributed by atoms with E-state index in [0.29, 0.717) is 10.8 Å². The molecule has 1 saturated carbocycles. The van der Waals surface area contributed by atoms with Crippen molar-refractivity contribution in [2.75, 3.05) is 27.2 Å². The lowest BCUT2D eigenvalue weighted by molar-refractivity contribution is -0.180. The van der Waals surface area contributed by atoms with Crippen LogP contribution in [0.15, 0.2) is 48.6 Å². The van der Waals surface area contributed by atoms with E-state index in [2.05, 4.69) is 102 Å². The molecule has 0 amide bonds. The number of allylic oxidation sites excluding steroid dienone is 8. The van der Waals surface area contributed by atoms with E-state index < -0.39 is 0 Å². The third kappa shape index (κ3) is 25.7. The quantitative estimate of drug-likeness (QED) is 0.0464. The molecule has 3 nitrogen and oxygen atoms in total. The summed E-state index contributed by atoms with van der Waals surface area (Å²) in [7, 11) is 4.43. The van der Waals surface area contributed by atoms with Crippen molar-refractivity contribution in [2.45, 2.75) is 239 Å². The molecule has 0 aromatic heterocycles. The van der Waals surface area contributed by atoms with Gasteiger partial charge >= 0.3 is 0 Å². The number of hydrogen-bond donors (Lipinski definition) is 0. The molecule has 1 aliphatic carbocycles. The van der Waals surface area contributed by atoms with Crippen molar-refractivity contribution in [2.24, 2.45) is 16.7 Å². The molecule has 3 atom stereocenters. The van der Waals surface area contributed by atoms with Gasteiger partial charge in [-0.2, -0.15) is 0 Å². The minimum atomic E-state index is -0.324. The number of ether oxygens (including phenoxy) is 2. The molecule has 0 spiro atoms. The first kappa shape index (κ1) is 50.0. The fraction of sp³-hybridized carbons (Fsp3) is 0.846. The van der Waals surface area contributed by atoms with Crippen LogP contribution in [-0.4, -0.2) is 44.0 Å². The van der Waals surface area contributed by atoms with Crippen molar-refractivity contribution in [3.05, 3.63) is 48.6 Å². The maximum atomic E-state index is 6.94. The molecule has 2 unspecified atom stereocenters. The van der Waals surface area contributed by atoms with Gasteiger partial charge in [0.15, 0.2) is 5.79 Å². The van der Waals surface area contributed by atoms with Gasteiger partial charge in [-0.3, -0.25) is 0 Å². The van der Waals surface area contributed by atoms with Crippen molar-refractivity contribution in [3.8, 4) is 0 Å². The zero-order valence-electron chi connectivity index (χ0n) is 38.2. The van der Waals surface area contributed by atoms with Crippen molar-refractivity contribution in [1.82, 2.24) is 4.90 Å². The van der Waals surface area contributed by atoms with E-state index in [1.54, 1.807) is 0 Å². The van der Waals surface area contributed by atoms with Crippen LogP contribution in [0, 0.1) is 16.7 Å². The summed E-state index contributed by atoms with van der Waals surface area (Å²) in [6, 6.07) is 0. The van der Waals surface area contributed by atoms with Gasteiger partial charge < -0.3 is 14.4 Å². The Morgan fingerprint density at radius 3 is 1.47 bits per heavy atom. The summed E-state index contributed by atoms with van der Waals surface area (Å²) < 4.78 is 13.6. The average Bonchev–Trinajstić information content (AvgIpc) is 3.58. The van der Waals surface area contributed by atoms with Gasteiger partial charge in [0.05, 0.1) is 12.7 Å². The maximum absolute atomic E-state index is 6.94. The second-order valence-corrected chi connectivity index (χ2v) is 19.3. The van der Waals surface area contributed by atoms with Gasteiger partial charge in [-0.1, -0.05) is 160 Å². The van der Waals surface area contributed by atoms with E-state index in [-0.39, 0.29) is 11.9 Å². The van der Waals surface area contributed by atoms with Crippen molar-refractivity contribution >= 4 is 0 Å². The van der Waals surface area contributed by atoms with Gasteiger partial charge in [-0.25, -0.2) is 0 Å². The highest BCUT2D eigenvalue weighted by Gasteiger charge is 2.52. The van der Waals surface area contributed by atoms with Crippen LogP contribution in [0.25, 0.3) is 0 Å². The minimum absolute atomic E-state index is 0.286. The summed E-state index contributed by atoms with van der Waals surface area (Å²) in [5.41, 5.74) is 0.886. The Morgan fingerprint density at radius 1 is 0.582 bits per heavy atom. The fourth-order valence-electron chi connectivity index (χ4n) is 9.47. The van der Waals surface area contributed by atoms with E-state index in [1.165, 1.54) is 173 Å². The molecule has 0 N–H and O–H groups in total. The molecule has 1 heterocycles. The molecule has 2 aliphatic rings. The molecule has 55 heavy (non-hydrogen) atoms. The normalized spacial score (nSPS) is 21.5. The predicted octanol–water partition coefficient (Wildman–Crippen LogP) is 16.3. The van der Waals surface area contributed by atoms with Crippen LogP contribution in [0.1, 0.15) is 227 Å². The smallest absolute Gasteiger partial charge is 0.168 e. The van der Waals surface area contributed by atoms with E-state index in [4.69, 9.17) is 9.47 Å². The molecule has 0 bridgehead atoms. The topological polar surface area (TPSA) is 21.7 Å². The molecule has 0 radical (unpaired) electrons. The zero-order valence-corrected chi connectivity index (χ0v) is 38.2. The first-order valence-corrected chi connectivity index (χ1v) is 24.2. The average molecular weight is 766 g/mol. The van der Waals surface area contributed by atoms with E-state index >= 15 is 0 Å². The highest BCUT2D eigenvalue weighted by molar-refractivity contribution is 5.02. The lowest BCUT2D eigenvalue weighted by Crippen LogP contribution is -2.31. The molecule has 1 aliphatic heterocycles. The number of hydrogen-bond acceptors (Lipinski definition) is 3. The van der Waals surface area contributed by atoms with E-state index in [0.717, 1.165) is 38.2 Å². The first-order valence-electron chi connectivity index (χ1n) is 24.2. The van der Waals surface area contributed by atoms with Gasteiger partial charge in [0, 0.05) is 19.4 Å². The lowest BCUT2D eigenvalue weighted by Gasteiger charge is -2.32. The van der Waals surface area contributed by atoms with Crippen LogP contribution in [0.4, 0.5) is 0 Å². The molecule has 0 aromatic carbocycles. The molecule has 3 heteroatoms. The Balaban J connectivity index is 1.67. The van der Waals surface area contributed by atoms with E-state index in [9.17, 15) is 0 Å². The fourth-order valence-corrected chi connectivity index (χ4v) is 9.47. The number of unbranched alkanes of at least 4 members (excludes halogenated alkanes) is 18. The molecular weight excluding hydrogens is 671 g/mol. The van der Waals surface area contributed by atoms with Crippen molar-refractivity contribution in [1.29, 1.82) is 0 Å². The molecule has 2 fully saturated rings. The van der Waals surface area contributed by atoms with Crippen LogP contribution < -0.4 is 0 Å². The lowest BCUT2D eigenvalue weighted by atomic mass is 9.80. The van der Waals surface area contributed by atoms with E-state index in [1.807, 2.05) is 0 Å². The predicted molar refractivity (Wildman–Crippen MR) is 244 cm³/mol. The summed E-state index contributed by atoms with van der Waals surface area (Å²) in [5, 5.41) is 0. The zero-order chi connectivity index (χ0) is 39.9.